The number of amidine groups is 1. The Balaban J connectivity index is 1.71. The van der Waals surface area contributed by atoms with Gasteiger partial charge in [-0.3, -0.25) is 24.6 Å². The Morgan fingerprint density at radius 2 is 2.03 bits per heavy atom. The molecule has 9 nitrogen and oxygen atoms in total. The first-order valence-corrected chi connectivity index (χ1v) is 9.95. The molecule has 0 spiro atoms. The van der Waals surface area contributed by atoms with Crippen LogP contribution in [-0.4, -0.2) is 46.2 Å². The number of ether oxygens (including phenoxy) is 1. The highest BCUT2D eigenvalue weighted by molar-refractivity contribution is 8.15. The average Bonchev–Trinajstić information content (AvgIpc) is 2.97. The van der Waals surface area contributed by atoms with Gasteiger partial charge in [0.1, 0.15) is 16.7 Å². The Labute approximate surface area is 181 Å². The highest BCUT2D eigenvalue weighted by Gasteiger charge is 2.37. The molecule has 2 amide bonds. The first-order valence-electron chi connectivity index (χ1n) is 8.69. The summed E-state index contributed by atoms with van der Waals surface area (Å²) in [7, 11) is 2.97. The molecule has 11 heteroatoms. The van der Waals surface area contributed by atoms with Gasteiger partial charge in [-0.15, -0.1) is 0 Å². The number of aliphatic imine (C=N–C) groups is 1. The van der Waals surface area contributed by atoms with Crippen molar-refractivity contribution in [3.05, 3.63) is 57.6 Å². The molecular weight excluding hydrogens is 432 g/mol. The Morgan fingerprint density at radius 1 is 1.33 bits per heavy atom. The van der Waals surface area contributed by atoms with E-state index in [1.165, 1.54) is 30.2 Å². The van der Waals surface area contributed by atoms with Crippen LogP contribution >= 0.6 is 23.4 Å². The van der Waals surface area contributed by atoms with E-state index in [-0.39, 0.29) is 23.7 Å². The van der Waals surface area contributed by atoms with Crippen LogP contribution in [0.25, 0.3) is 0 Å². The van der Waals surface area contributed by atoms with Crippen molar-refractivity contribution in [2.24, 2.45) is 4.99 Å². The molecule has 0 saturated carbocycles. The molecule has 0 radical (unpaired) electrons. The van der Waals surface area contributed by atoms with Crippen molar-refractivity contribution in [1.82, 2.24) is 4.90 Å². The second-order valence-corrected chi connectivity index (χ2v) is 7.87. The van der Waals surface area contributed by atoms with E-state index in [9.17, 15) is 19.7 Å². The summed E-state index contributed by atoms with van der Waals surface area (Å²) in [6.45, 7) is 0. The number of amides is 2. The average molecular weight is 449 g/mol. The lowest BCUT2D eigenvalue weighted by Crippen LogP contribution is -2.30. The number of nitrogens with zero attached hydrogens (tertiary/aromatic N) is 3. The van der Waals surface area contributed by atoms with Gasteiger partial charge < -0.3 is 10.1 Å². The summed E-state index contributed by atoms with van der Waals surface area (Å²) >= 11 is 7.02. The Bertz CT molecular complexity index is 1030. The summed E-state index contributed by atoms with van der Waals surface area (Å²) in [4.78, 5) is 41.4. The minimum absolute atomic E-state index is 0.0321. The summed E-state index contributed by atoms with van der Waals surface area (Å²) in [5.74, 6) is -0.492. The number of hydrogen-bond acceptors (Lipinski definition) is 7. The number of thioether (sulfide) groups is 1. The van der Waals surface area contributed by atoms with E-state index >= 15 is 0 Å². The van der Waals surface area contributed by atoms with E-state index in [0.29, 0.717) is 21.6 Å². The number of carbonyl (C=O) groups is 2. The van der Waals surface area contributed by atoms with Crippen LogP contribution in [0.5, 0.6) is 5.75 Å². The van der Waals surface area contributed by atoms with Crippen LogP contribution in [0.2, 0.25) is 5.02 Å². The molecule has 1 saturated heterocycles. The smallest absolute Gasteiger partial charge is 0.296 e. The maximum absolute atomic E-state index is 12.5. The molecule has 1 atom stereocenters. The number of nitro groups is 1. The maximum atomic E-state index is 12.5. The Hall–Kier alpha value is -3.11. The summed E-state index contributed by atoms with van der Waals surface area (Å²) < 4.78 is 4.97. The molecule has 1 N–H and O–H groups in total. The number of benzene rings is 2. The van der Waals surface area contributed by atoms with Gasteiger partial charge in [-0.2, -0.15) is 0 Å². The van der Waals surface area contributed by atoms with Gasteiger partial charge in [-0.05, 0) is 36.4 Å². The minimum atomic E-state index is -0.682. The third kappa shape index (κ3) is 4.89. The lowest BCUT2D eigenvalue weighted by atomic mass is 10.2. The van der Waals surface area contributed by atoms with Crippen molar-refractivity contribution in [2.45, 2.75) is 11.7 Å². The standard InChI is InChI=1S/C19H17ClN4O5S/c1-23-18(26)16(30-19(23)21-12-5-3-11(20)4-6-12)10-17(25)22-14-8-7-13(29-2)9-15(14)24(27)28/h3-9,16H,10H2,1-2H3,(H,22,25)/t16-/m0/s1. The number of nitrogens with one attached hydrogen (secondary N) is 1. The van der Waals surface area contributed by atoms with E-state index < -0.39 is 16.1 Å². The Morgan fingerprint density at radius 3 is 2.67 bits per heavy atom. The highest BCUT2D eigenvalue weighted by Crippen LogP contribution is 2.32. The number of nitro benzene ring substituents is 1. The van der Waals surface area contributed by atoms with Crippen LogP contribution in [0, 0.1) is 10.1 Å². The van der Waals surface area contributed by atoms with Gasteiger partial charge in [0, 0.05) is 18.5 Å². The summed E-state index contributed by atoms with van der Waals surface area (Å²) in [5.41, 5.74) is 0.361. The van der Waals surface area contributed by atoms with Gasteiger partial charge in [-0.1, -0.05) is 23.4 Å². The largest absolute Gasteiger partial charge is 0.496 e. The number of carbonyl (C=O) groups excluding carboxylic acids is 2. The number of rotatable bonds is 6. The molecule has 2 aromatic rings. The molecule has 30 heavy (non-hydrogen) atoms. The third-order valence-electron chi connectivity index (χ3n) is 4.24. The zero-order valence-corrected chi connectivity index (χ0v) is 17.6. The molecule has 2 aromatic carbocycles. The molecule has 1 aliphatic heterocycles. The number of hydrogen-bond donors (Lipinski definition) is 1. The normalized spacial score (nSPS) is 17.3. The molecular formula is C19H17ClN4O5S. The topological polar surface area (TPSA) is 114 Å². The number of methoxy groups -OCH3 is 1. The minimum Gasteiger partial charge on any atom is -0.496 e. The number of halogens is 1. The molecule has 1 fully saturated rings. The quantitative estimate of drug-likeness (QED) is 0.530. The lowest BCUT2D eigenvalue weighted by Gasteiger charge is -2.10. The van der Waals surface area contributed by atoms with E-state index in [2.05, 4.69) is 10.3 Å². The SMILES string of the molecule is COc1ccc(NC(=O)C[C@@H]2SC(=Nc3ccc(Cl)cc3)N(C)C2=O)c([N+](=O)[O-])c1. The van der Waals surface area contributed by atoms with Crippen molar-refractivity contribution in [2.75, 3.05) is 19.5 Å². The van der Waals surface area contributed by atoms with Crippen LogP contribution in [0.3, 0.4) is 0 Å². The molecule has 0 aliphatic carbocycles. The first kappa shape index (κ1) is 21.6. The fourth-order valence-corrected chi connectivity index (χ4v) is 3.97. The van der Waals surface area contributed by atoms with Crippen molar-refractivity contribution in [1.29, 1.82) is 0 Å². The predicted molar refractivity (Wildman–Crippen MR) is 116 cm³/mol. The van der Waals surface area contributed by atoms with Crippen molar-refractivity contribution < 1.29 is 19.2 Å². The molecule has 1 heterocycles. The molecule has 156 valence electrons. The predicted octanol–water partition coefficient (Wildman–Crippen LogP) is 3.85. The number of anilines is 1. The second-order valence-electron chi connectivity index (χ2n) is 6.27. The van der Waals surface area contributed by atoms with Gasteiger partial charge >= 0.3 is 0 Å². The van der Waals surface area contributed by atoms with E-state index in [1.807, 2.05) is 0 Å². The summed E-state index contributed by atoms with van der Waals surface area (Å²) in [6, 6.07) is 10.9. The molecule has 0 aromatic heterocycles. The van der Waals surface area contributed by atoms with Crippen molar-refractivity contribution >= 4 is 57.4 Å². The van der Waals surface area contributed by atoms with E-state index in [1.54, 1.807) is 31.3 Å². The van der Waals surface area contributed by atoms with Crippen molar-refractivity contribution in [3.8, 4) is 5.75 Å². The third-order valence-corrected chi connectivity index (χ3v) is 5.72. The van der Waals surface area contributed by atoms with Crippen LogP contribution < -0.4 is 10.1 Å². The van der Waals surface area contributed by atoms with E-state index in [0.717, 1.165) is 11.8 Å². The summed E-state index contributed by atoms with van der Waals surface area (Å²) in [6.07, 6.45) is -0.156. The van der Waals surface area contributed by atoms with Gasteiger partial charge in [0.15, 0.2) is 5.17 Å². The monoisotopic (exact) mass is 448 g/mol. The molecule has 0 unspecified atom stereocenters. The zero-order valence-electron chi connectivity index (χ0n) is 16.0. The first-order chi connectivity index (χ1) is 14.3. The summed E-state index contributed by atoms with van der Waals surface area (Å²) in [5, 5.41) is 14.1. The molecule has 1 aliphatic rings. The second kappa shape index (κ2) is 9.14. The lowest BCUT2D eigenvalue weighted by molar-refractivity contribution is -0.384. The maximum Gasteiger partial charge on any atom is 0.296 e. The van der Waals surface area contributed by atoms with Crippen LogP contribution in [-0.2, 0) is 9.59 Å². The molecule has 0 bridgehead atoms. The van der Waals surface area contributed by atoms with Gasteiger partial charge in [-0.25, -0.2) is 4.99 Å². The highest BCUT2D eigenvalue weighted by atomic mass is 35.5. The van der Waals surface area contributed by atoms with Crippen LogP contribution in [0.1, 0.15) is 6.42 Å². The fraction of sp³-hybridized carbons (Fsp3) is 0.211. The van der Waals surface area contributed by atoms with Crippen LogP contribution in [0.4, 0.5) is 17.1 Å². The van der Waals surface area contributed by atoms with Crippen molar-refractivity contribution in [3.63, 3.8) is 0 Å². The Kier molecular flexibility index (Phi) is 6.58. The van der Waals surface area contributed by atoms with E-state index in [4.69, 9.17) is 16.3 Å². The van der Waals surface area contributed by atoms with Gasteiger partial charge in [0.2, 0.25) is 11.8 Å². The molecule has 3 rings (SSSR count). The van der Waals surface area contributed by atoms with Gasteiger partial charge in [0.25, 0.3) is 5.69 Å². The van der Waals surface area contributed by atoms with Crippen LogP contribution in [0.15, 0.2) is 47.5 Å². The fourth-order valence-electron chi connectivity index (χ4n) is 2.69. The zero-order chi connectivity index (χ0) is 21.8. The van der Waals surface area contributed by atoms with Gasteiger partial charge in [0.05, 0.1) is 23.8 Å².